The van der Waals surface area contributed by atoms with Crippen molar-refractivity contribution in [3.63, 3.8) is 0 Å². The van der Waals surface area contributed by atoms with Gasteiger partial charge in [-0.3, -0.25) is 4.79 Å². The van der Waals surface area contributed by atoms with Crippen molar-refractivity contribution in [3.8, 4) is 0 Å². The molecule has 1 N–H and O–H groups in total. The Morgan fingerprint density at radius 3 is 2.61 bits per heavy atom. The molecule has 0 spiro atoms. The number of thioether (sulfide) groups is 1. The number of amides is 1. The molecule has 0 fully saturated rings. The molecule has 4 rings (SSSR count). The molecule has 2 aromatic carbocycles. The van der Waals surface area contributed by atoms with Crippen LogP contribution < -0.4 is 10.2 Å². The zero-order valence-corrected chi connectivity index (χ0v) is 16.7. The number of rotatable bonds is 5. The fraction of sp³-hybridized carbons (Fsp3) is 0.200. The number of nitrogens with one attached hydrogen (secondary N) is 1. The van der Waals surface area contributed by atoms with Crippen LogP contribution in [0.25, 0.3) is 16.6 Å². The normalized spacial score (nSPS) is 11.1. The highest BCUT2D eigenvalue weighted by molar-refractivity contribution is 7.99. The summed E-state index contributed by atoms with van der Waals surface area (Å²) in [5, 5.41) is 8.94. The lowest BCUT2D eigenvalue weighted by atomic mass is 10.2. The molecule has 2 heterocycles. The summed E-state index contributed by atoms with van der Waals surface area (Å²) in [6.07, 6.45) is 0. The van der Waals surface area contributed by atoms with Gasteiger partial charge in [-0.05, 0) is 43.3 Å². The van der Waals surface area contributed by atoms with Gasteiger partial charge in [0.1, 0.15) is 5.82 Å². The van der Waals surface area contributed by atoms with Gasteiger partial charge in [-0.15, -0.1) is 5.10 Å². The van der Waals surface area contributed by atoms with E-state index in [4.69, 9.17) is 0 Å². The number of aryl methyl sites for hydroxylation is 1. The maximum atomic E-state index is 12.4. The third-order valence-corrected chi connectivity index (χ3v) is 5.18. The lowest BCUT2D eigenvalue weighted by molar-refractivity contribution is -0.113. The van der Waals surface area contributed by atoms with Gasteiger partial charge in [0.05, 0.1) is 11.3 Å². The van der Waals surface area contributed by atoms with Crippen LogP contribution in [0.15, 0.2) is 53.7 Å². The molecule has 0 aliphatic rings. The second-order valence-electron chi connectivity index (χ2n) is 6.58. The van der Waals surface area contributed by atoms with E-state index in [-0.39, 0.29) is 11.7 Å². The third-order valence-electron chi connectivity index (χ3n) is 4.26. The van der Waals surface area contributed by atoms with Gasteiger partial charge in [-0.2, -0.15) is 4.52 Å². The smallest absolute Gasteiger partial charge is 0.234 e. The molecule has 2 aromatic heterocycles. The number of fused-ring (bicyclic) bond motifs is 3. The van der Waals surface area contributed by atoms with Crippen molar-refractivity contribution in [3.05, 3.63) is 54.4 Å². The quantitative estimate of drug-likeness (QED) is 0.415. The first kappa shape index (κ1) is 18.2. The highest BCUT2D eigenvalue weighted by Crippen LogP contribution is 2.24. The maximum absolute atomic E-state index is 12.4. The first-order chi connectivity index (χ1) is 13.5. The Balaban J connectivity index is 1.52. The highest BCUT2D eigenvalue weighted by atomic mass is 32.2. The summed E-state index contributed by atoms with van der Waals surface area (Å²) in [6, 6.07) is 15.5. The number of para-hydroxylation sites is 1. The van der Waals surface area contributed by atoms with Crippen molar-refractivity contribution < 1.29 is 4.79 Å². The van der Waals surface area contributed by atoms with Crippen molar-refractivity contribution >= 4 is 45.6 Å². The molecular weight excluding hydrogens is 372 g/mol. The first-order valence-electron chi connectivity index (χ1n) is 8.83. The minimum atomic E-state index is -0.0949. The number of nitrogens with zero attached hydrogens (tertiary/aromatic N) is 5. The summed E-state index contributed by atoms with van der Waals surface area (Å²) in [5.41, 5.74) is 3.44. The monoisotopic (exact) mass is 392 g/mol. The number of benzene rings is 2. The van der Waals surface area contributed by atoms with Gasteiger partial charge in [0.15, 0.2) is 10.8 Å². The van der Waals surface area contributed by atoms with Gasteiger partial charge in [0.25, 0.3) is 0 Å². The van der Waals surface area contributed by atoms with E-state index in [9.17, 15) is 4.79 Å². The van der Waals surface area contributed by atoms with Crippen molar-refractivity contribution in [2.24, 2.45) is 0 Å². The maximum Gasteiger partial charge on any atom is 0.234 e. The molecule has 0 radical (unpaired) electrons. The van der Waals surface area contributed by atoms with E-state index < -0.39 is 0 Å². The van der Waals surface area contributed by atoms with Gasteiger partial charge >= 0.3 is 0 Å². The highest BCUT2D eigenvalue weighted by Gasteiger charge is 2.14. The lowest BCUT2D eigenvalue weighted by Crippen LogP contribution is -2.15. The third kappa shape index (κ3) is 3.63. The van der Waals surface area contributed by atoms with Gasteiger partial charge in [-0.25, -0.2) is 9.97 Å². The zero-order chi connectivity index (χ0) is 19.7. The van der Waals surface area contributed by atoms with E-state index in [0.717, 1.165) is 27.9 Å². The molecule has 0 atom stereocenters. The van der Waals surface area contributed by atoms with Crippen LogP contribution in [-0.2, 0) is 4.79 Å². The van der Waals surface area contributed by atoms with Crippen LogP contribution in [0.2, 0.25) is 0 Å². The van der Waals surface area contributed by atoms with E-state index in [2.05, 4.69) is 20.4 Å². The molecule has 0 saturated carbocycles. The molecule has 4 aromatic rings. The van der Waals surface area contributed by atoms with Crippen molar-refractivity contribution in [2.45, 2.75) is 12.1 Å². The molecule has 7 nitrogen and oxygen atoms in total. The SMILES string of the molecule is Cc1nc2c3ccccc3nc(SCC(=O)Nc3ccc(N(C)C)cc3)n2n1. The van der Waals surface area contributed by atoms with Crippen LogP contribution in [-0.4, -0.2) is 45.3 Å². The van der Waals surface area contributed by atoms with Gasteiger partial charge in [0, 0.05) is 30.9 Å². The predicted molar refractivity (Wildman–Crippen MR) is 113 cm³/mol. The van der Waals surface area contributed by atoms with Crippen LogP contribution in [0, 0.1) is 6.92 Å². The van der Waals surface area contributed by atoms with Crippen LogP contribution in [0.5, 0.6) is 0 Å². The molecule has 0 bridgehead atoms. The van der Waals surface area contributed by atoms with E-state index in [1.54, 1.807) is 4.52 Å². The minimum Gasteiger partial charge on any atom is -0.378 e. The Bertz CT molecular complexity index is 1150. The molecule has 142 valence electrons. The average molecular weight is 392 g/mol. The summed E-state index contributed by atoms with van der Waals surface area (Å²) in [6.45, 7) is 1.85. The summed E-state index contributed by atoms with van der Waals surface area (Å²) in [4.78, 5) is 23.6. The molecule has 0 aliphatic carbocycles. The van der Waals surface area contributed by atoms with Gasteiger partial charge in [0.2, 0.25) is 5.91 Å². The Morgan fingerprint density at radius 1 is 1.11 bits per heavy atom. The number of aromatic nitrogens is 4. The van der Waals surface area contributed by atoms with E-state index in [1.165, 1.54) is 11.8 Å². The van der Waals surface area contributed by atoms with E-state index >= 15 is 0 Å². The van der Waals surface area contributed by atoms with Crippen molar-refractivity contribution in [2.75, 3.05) is 30.1 Å². The summed E-state index contributed by atoms with van der Waals surface area (Å²) >= 11 is 1.34. The fourth-order valence-corrected chi connectivity index (χ4v) is 3.64. The lowest BCUT2D eigenvalue weighted by Gasteiger charge is -2.13. The molecule has 1 amide bonds. The number of carbonyl (C=O) groups is 1. The first-order valence-corrected chi connectivity index (χ1v) is 9.82. The standard InChI is InChI=1S/C20H20N6OS/c1-13-21-19-16-6-4-5-7-17(16)23-20(26(19)24-13)28-12-18(27)22-14-8-10-15(11-9-14)25(2)3/h4-11H,12H2,1-3H3,(H,22,27). The average Bonchev–Trinajstić information content (AvgIpc) is 3.08. The Morgan fingerprint density at radius 2 is 1.86 bits per heavy atom. The largest absolute Gasteiger partial charge is 0.378 e. The predicted octanol–water partition coefficient (Wildman–Crippen LogP) is 3.38. The van der Waals surface area contributed by atoms with Crippen LogP contribution in [0.1, 0.15) is 5.82 Å². The van der Waals surface area contributed by atoms with E-state index in [1.807, 2.05) is 74.4 Å². The number of hydrogen-bond acceptors (Lipinski definition) is 6. The van der Waals surface area contributed by atoms with Crippen molar-refractivity contribution in [1.29, 1.82) is 0 Å². The summed E-state index contributed by atoms with van der Waals surface area (Å²) in [5.74, 6) is 0.808. The number of hydrogen-bond donors (Lipinski definition) is 1. The van der Waals surface area contributed by atoms with Gasteiger partial charge in [-0.1, -0.05) is 23.9 Å². The van der Waals surface area contributed by atoms with Crippen LogP contribution in [0.3, 0.4) is 0 Å². The number of anilines is 2. The summed E-state index contributed by atoms with van der Waals surface area (Å²) < 4.78 is 1.71. The fourth-order valence-electron chi connectivity index (χ4n) is 2.90. The van der Waals surface area contributed by atoms with Crippen LogP contribution >= 0.6 is 11.8 Å². The molecule has 28 heavy (non-hydrogen) atoms. The van der Waals surface area contributed by atoms with Gasteiger partial charge < -0.3 is 10.2 Å². The van der Waals surface area contributed by atoms with E-state index in [0.29, 0.717) is 11.0 Å². The zero-order valence-electron chi connectivity index (χ0n) is 15.9. The second-order valence-corrected chi connectivity index (χ2v) is 7.53. The summed E-state index contributed by atoms with van der Waals surface area (Å²) in [7, 11) is 3.96. The molecule has 0 saturated heterocycles. The minimum absolute atomic E-state index is 0.0949. The molecule has 0 aliphatic heterocycles. The topological polar surface area (TPSA) is 75.4 Å². The Hall–Kier alpha value is -3.13. The van der Waals surface area contributed by atoms with Crippen LogP contribution in [0.4, 0.5) is 11.4 Å². The molecule has 8 heteroatoms. The molecular formula is C20H20N6OS. The Labute approximate surface area is 166 Å². The van der Waals surface area contributed by atoms with Crippen molar-refractivity contribution in [1.82, 2.24) is 19.6 Å². The molecule has 0 unspecified atom stereocenters. The Kier molecular flexibility index (Phi) is 4.87. The second kappa shape index (κ2) is 7.47. The number of carbonyl (C=O) groups excluding carboxylic acids is 1.